The van der Waals surface area contributed by atoms with Gasteiger partial charge in [-0.1, -0.05) is 24.3 Å². The van der Waals surface area contributed by atoms with E-state index >= 15 is 0 Å². The highest BCUT2D eigenvalue weighted by molar-refractivity contribution is 5.95. The average molecular weight is 474 g/mol. The third kappa shape index (κ3) is 5.24. The molecular formula is C28H31N3O4. The molecule has 0 aliphatic carbocycles. The van der Waals surface area contributed by atoms with E-state index in [0.717, 1.165) is 33.7 Å². The van der Waals surface area contributed by atoms with Crippen molar-refractivity contribution in [1.29, 1.82) is 0 Å². The van der Waals surface area contributed by atoms with Gasteiger partial charge in [-0.2, -0.15) is 0 Å². The van der Waals surface area contributed by atoms with Gasteiger partial charge in [0.2, 0.25) is 0 Å². The minimum atomic E-state index is -0.330. The lowest BCUT2D eigenvalue weighted by atomic mass is 10.1. The van der Waals surface area contributed by atoms with Crippen molar-refractivity contribution in [2.24, 2.45) is 0 Å². The predicted molar refractivity (Wildman–Crippen MR) is 137 cm³/mol. The molecule has 182 valence electrons. The van der Waals surface area contributed by atoms with Crippen LogP contribution in [0.25, 0.3) is 11.0 Å². The van der Waals surface area contributed by atoms with E-state index < -0.39 is 0 Å². The van der Waals surface area contributed by atoms with Crippen LogP contribution in [0.15, 0.2) is 60.7 Å². The van der Waals surface area contributed by atoms with Gasteiger partial charge < -0.3 is 24.1 Å². The van der Waals surface area contributed by atoms with Crippen LogP contribution in [0.4, 0.5) is 0 Å². The van der Waals surface area contributed by atoms with Crippen molar-refractivity contribution in [2.75, 3.05) is 20.8 Å². The van der Waals surface area contributed by atoms with Gasteiger partial charge in [0.05, 0.1) is 37.8 Å². The second-order valence-corrected chi connectivity index (χ2v) is 8.49. The van der Waals surface area contributed by atoms with Gasteiger partial charge in [0, 0.05) is 5.56 Å². The molecule has 7 nitrogen and oxygen atoms in total. The molecular weight excluding hydrogens is 442 g/mol. The Morgan fingerprint density at radius 3 is 2.51 bits per heavy atom. The number of imidazole rings is 1. The fourth-order valence-electron chi connectivity index (χ4n) is 4.09. The van der Waals surface area contributed by atoms with Crippen LogP contribution in [0.5, 0.6) is 17.2 Å². The van der Waals surface area contributed by atoms with Gasteiger partial charge in [-0.05, 0) is 68.3 Å². The zero-order valence-electron chi connectivity index (χ0n) is 20.8. The second-order valence-electron chi connectivity index (χ2n) is 8.49. The van der Waals surface area contributed by atoms with Gasteiger partial charge in [-0.3, -0.25) is 4.79 Å². The van der Waals surface area contributed by atoms with Crippen molar-refractivity contribution in [3.05, 3.63) is 83.2 Å². The number of hydrogen-bond donors (Lipinski definition) is 1. The fraction of sp³-hybridized carbons (Fsp3) is 0.286. The Kier molecular flexibility index (Phi) is 7.25. The highest BCUT2D eigenvalue weighted by Gasteiger charge is 2.20. The molecule has 0 aliphatic heterocycles. The molecule has 0 fully saturated rings. The van der Waals surface area contributed by atoms with Gasteiger partial charge in [-0.15, -0.1) is 0 Å². The van der Waals surface area contributed by atoms with Crippen molar-refractivity contribution < 1.29 is 19.0 Å². The third-order valence-electron chi connectivity index (χ3n) is 5.98. The Hall–Kier alpha value is -4.00. The normalized spacial score (nSPS) is 11.8. The third-order valence-corrected chi connectivity index (χ3v) is 5.98. The average Bonchev–Trinajstić information content (AvgIpc) is 3.24. The molecule has 1 N–H and O–H groups in total. The van der Waals surface area contributed by atoms with Crippen LogP contribution in [0, 0.1) is 13.8 Å². The Morgan fingerprint density at radius 2 is 1.74 bits per heavy atom. The largest absolute Gasteiger partial charge is 0.493 e. The summed E-state index contributed by atoms with van der Waals surface area (Å²) in [5.41, 5.74) is 4.61. The number of para-hydroxylation sites is 2. The number of carbonyl (C=O) groups is 1. The monoisotopic (exact) mass is 473 g/mol. The Labute approximate surface area is 205 Å². The summed E-state index contributed by atoms with van der Waals surface area (Å²) in [5, 5.41) is 3.07. The van der Waals surface area contributed by atoms with E-state index in [0.29, 0.717) is 30.2 Å². The summed E-state index contributed by atoms with van der Waals surface area (Å²) >= 11 is 0. The smallest absolute Gasteiger partial charge is 0.251 e. The number of carbonyl (C=O) groups excluding carboxylic acids is 1. The molecule has 3 aromatic carbocycles. The van der Waals surface area contributed by atoms with Crippen molar-refractivity contribution in [3.8, 4) is 17.2 Å². The first-order valence-electron chi connectivity index (χ1n) is 11.6. The lowest BCUT2D eigenvalue weighted by Gasteiger charge is -2.18. The Balaban J connectivity index is 1.55. The zero-order valence-corrected chi connectivity index (χ0v) is 20.8. The number of aromatic nitrogens is 2. The number of hydrogen-bond acceptors (Lipinski definition) is 5. The lowest BCUT2D eigenvalue weighted by molar-refractivity contribution is 0.0937. The molecule has 0 saturated carbocycles. The number of ether oxygens (including phenoxy) is 3. The molecule has 1 amide bonds. The molecule has 1 heterocycles. The molecule has 0 radical (unpaired) electrons. The van der Waals surface area contributed by atoms with Crippen LogP contribution in [-0.4, -0.2) is 36.3 Å². The minimum Gasteiger partial charge on any atom is -0.493 e. The lowest BCUT2D eigenvalue weighted by Crippen LogP contribution is -2.29. The van der Waals surface area contributed by atoms with Crippen molar-refractivity contribution >= 4 is 16.9 Å². The van der Waals surface area contributed by atoms with Crippen molar-refractivity contribution in [1.82, 2.24) is 14.9 Å². The quantitative estimate of drug-likeness (QED) is 0.360. The first kappa shape index (κ1) is 24.1. The summed E-state index contributed by atoms with van der Waals surface area (Å²) < 4.78 is 18.8. The second kappa shape index (κ2) is 10.5. The van der Waals surface area contributed by atoms with Crippen LogP contribution < -0.4 is 19.5 Å². The number of methoxy groups -OCH3 is 2. The predicted octanol–water partition coefficient (Wildman–Crippen LogP) is 5.24. The molecule has 1 aromatic heterocycles. The Morgan fingerprint density at radius 1 is 0.971 bits per heavy atom. The molecule has 4 aromatic rings. The summed E-state index contributed by atoms with van der Waals surface area (Å²) in [5.74, 6) is 2.51. The summed E-state index contributed by atoms with van der Waals surface area (Å²) in [4.78, 5) is 17.8. The first-order valence-corrected chi connectivity index (χ1v) is 11.6. The zero-order chi connectivity index (χ0) is 24.9. The highest BCUT2D eigenvalue weighted by Crippen LogP contribution is 2.28. The maximum Gasteiger partial charge on any atom is 0.251 e. The van der Waals surface area contributed by atoms with E-state index in [4.69, 9.17) is 19.2 Å². The molecule has 0 bridgehead atoms. The molecule has 1 atom stereocenters. The highest BCUT2D eigenvalue weighted by atomic mass is 16.5. The van der Waals surface area contributed by atoms with Gasteiger partial charge in [0.15, 0.2) is 11.5 Å². The van der Waals surface area contributed by atoms with Crippen molar-refractivity contribution in [3.63, 3.8) is 0 Å². The van der Waals surface area contributed by atoms with Crippen LogP contribution in [0.2, 0.25) is 0 Å². The van der Waals surface area contributed by atoms with E-state index in [1.165, 1.54) is 0 Å². The summed E-state index contributed by atoms with van der Waals surface area (Å²) in [6.07, 6.45) is 0. The van der Waals surface area contributed by atoms with Crippen LogP contribution in [0.3, 0.4) is 0 Å². The molecule has 1 unspecified atom stereocenters. The van der Waals surface area contributed by atoms with E-state index in [2.05, 4.69) is 28.9 Å². The van der Waals surface area contributed by atoms with Crippen molar-refractivity contribution in [2.45, 2.75) is 33.4 Å². The molecule has 4 rings (SSSR count). The summed E-state index contributed by atoms with van der Waals surface area (Å²) in [6.45, 7) is 7.10. The molecule has 0 saturated heterocycles. The number of fused-ring (bicyclic) bond motifs is 1. The standard InChI is InChI=1S/C28H31N3O4/c1-18-10-11-19(2)25(16-18)35-15-14-31-23-9-7-6-8-22(23)30-27(31)20(3)29-28(32)21-12-13-24(33-4)26(17-21)34-5/h6-13,16-17,20H,14-15H2,1-5H3,(H,29,32). The van der Waals surface area contributed by atoms with E-state index in [9.17, 15) is 4.79 Å². The molecule has 7 heteroatoms. The number of benzene rings is 3. The SMILES string of the molecule is COc1ccc(C(=O)NC(C)c2nc3ccccc3n2CCOc2cc(C)ccc2C)cc1OC. The minimum absolute atomic E-state index is 0.219. The number of rotatable bonds is 9. The summed E-state index contributed by atoms with van der Waals surface area (Å²) in [6, 6.07) is 18.9. The maximum absolute atomic E-state index is 13.0. The maximum atomic E-state index is 13.0. The van der Waals surface area contributed by atoms with E-state index in [1.807, 2.05) is 44.2 Å². The number of nitrogens with zero attached hydrogens (tertiary/aromatic N) is 2. The fourth-order valence-corrected chi connectivity index (χ4v) is 4.09. The topological polar surface area (TPSA) is 74.6 Å². The van der Waals surface area contributed by atoms with Crippen LogP contribution >= 0.6 is 0 Å². The number of nitrogens with one attached hydrogen (secondary N) is 1. The van der Waals surface area contributed by atoms with Crippen LogP contribution in [0.1, 0.15) is 40.3 Å². The van der Waals surface area contributed by atoms with Gasteiger partial charge in [0.25, 0.3) is 5.91 Å². The number of aryl methyl sites for hydroxylation is 2. The Bertz CT molecular complexity index is 1350. The molecule has 35 heavy (non-hydrogen) atoms. The molecule has 0 spiro atoms. The summed E-state index contributed by atoms with van der Waals surface area (Å²) in [7, 11) is 3.11. The van der Waals surface area contributed by atoms with Crippen LogP contribution in [-0.2, 0) is 6.54 Å². The first-order chi connectivity index (χ1) is 16.9. The van der Waals surface area contributed by atoms with E-state index in [1.54, 1.807) is 32.4 Å². The molecule has 0 aliphatic rings. The van der Waals surface area contributed by atoms with Gasteiger partial charge >= 0.3 is 0 Å². The van der Waals surface area contributed by atoms with E-state index in [-0.39, 0.29) is 11.9 Å². The van der Waals surface area contributed by atoms with Gasteiger partial charge in [-0.25, -0.2) is 4.98 Å². The van der Waals surface area contributed by atoms with Gasteiger partial charge in [0.1, 0.15) is 18.2 Å². The number of amides is 1.